The summed E-state index contributed by atoms with van der Waals surface area (Å²) in [4.78, 5) is 25.4. The lowest BCUT2D eigenvalue weighted by atomic mass is 10.0. The van der Waals surface area contributed by atoms with E-state index in [9.17, 15) is 23.1 Å². The molecule has 3 aromatic rings. The maximum absolute atomic E-state index is 13.1. The minimum absolute atomic E-state index is 0.0524. The summed E-state index contributed by atoms with van der Waals surface area (Å²) in [5.41, 5.74) is 1.03. The first-order valence-electron chi connectivity index (χ1n) is 10.6. The highest BCUT2D eigenvalue weighted by Gasteiger charge is 2.19. The van der Waals surface area contributed by atoms with E-state index in [2.05, 4.69) is 14.5 Å². The Balaban J connectivity index is 1.76. The highest BCUT2D eigenvalue weighted by atomic mass is 35.5. The van der Waals surface area contributed by atoms with Crippen molar-refractivity contribution in [2.75, 3.05) is 19.0 Å². The second kappa shape index (κ2) is 12.0. The molecule has 0 saturated carbocycles. The van der Waals surface area contributed by atoms with E-state index < -0.39 is 34.4 Å². The molecule has 0 aliphatic carbocycles. The van der Waals surface area contributed by atoms with E-state index in [0.717, 1.165) is 7.11 Å². The van der Waals surface area contributed by atoms with Gasteiger partial charge in [0.05, 0.1) is 22.1 Å². The number of halogens is 2. The first-order valence-corrected chi connectivity index (χ1v) is 12.8. The molecule has 0 aromatic heterocycles. The van der Waals surface area contributed by atoms with E-state index in [1.54, 1.807) is 6.92 Å². The first kappa shape index (κ1) is 28.5. The predicted octanol–water partition coefficient (Wildman–Crippen LogP) is 3.47. The zero-order chi connectivity index (χ0) is 28.0. The number of hydrogen-bond donors (Lipinski definition) is 1. The molecule has 0 aliphatic heterocycles. The van der Waals surface area contributed by atoms with Crippen molar-refractivity contribution in [3.8, 4) is 11.8 Å². The number of ether oxygens (including phenoxy) is 2. The van der Waals surface area contributed by atoms with Gasteiger partial charge in [0.15, 0.2) is 18.5 Å². The summed E-state index contributed by atoms with van der Waals surface area (Å²) in [6.07, 6.45) is -1.27. The Kier molecular flexibility index (Phi) is 8.96. The van der Waals surface area contributed by atoms with Gasteiger partial charge in [0.25, 0.3) is 15.9 Å². The van der Waals surface area contributed by atoms with Gasteiger partial charge >= 0.3 is 0 Å². The number of aryl methyl sites for hydroxylation is 1. The molecule has 0 fully saturated rings. The number of benzene rings is 3. The number of carbonyl (C=O) groups is 2. The molecule has 1 N–H and O–H groups in total. The molecule has 0 heterocycles. The molecule has 10 nitrogen and oxygen atoms in total. The Morgan fingerprint density at radius 1 is 1.08 bits per heavy atom. The van der Waals surface area contributed by atoms with E-state index in [4.69, 9.17) is 33.2 Å². The van der Waals surface area contributed by atoms with Crippen LogP contribution in [0.4, 0.5) is 5.69 Å². The van der Waals surface area contributed by atoms with Crippen molar-refractivity contribution < 1.29 is 32.6 Å². The normalized spacial score (nSPS) is 11.4. The predicted molar refractivity (Wildman–Crippen MR) is 138 cm³/mol. The Bertz CT molecular complexity index is 1600. The lowest BCUT2D eigenvalue weighted by molar-refractivity contribution is -0.246. The van der Waals surface area contributed by atoms with E-state index in [1.807, 2.05) is 6.07 Å². The SMILES string of the molecule is CO/C([O-])=N/S(=O)(=O)c1ccc(NC(=O)COc2ccc(Cl)cc2C(=O)c2cc(Cl)cc(C#N)c2)c(C)c1. The van der Waals surface area contributed by atoms with Crippen LogP contribution in [0.15, 0.2) is 63.9 Å². The molecular weight excluding hydrogens is 557 g/mol. The van der Waals surface area contributed by atoms with Crippen LogP contribution < -0.4 is 15.2 Å². The number of anilines is 1. The van der Waals surface area contributed by atoms with Crippen LogP contribution in [0.2, 0.25) is 10.0 Å². The Labute approximate surface area is 228 Å². The molecule has 13 heteroatoms. The Hall–Kier alpha value is -4.11. The van der Waals surface area contributed by atoms with E-state index >= 15 is 0 Å². The largest absolute Gasteiger partial charge is 0.603 e. The summed E-state index contributed by atoms with van der Waals surface area (Å²) < 4.78 is 37.2. The van der Waals surface area contributed by atoms with Crippen molar-refractivity contribution in [3.63, 3.8) is 0 Å². The van der Waals surface area contributed by atoms with Crippen LogP contribution in [0.5, 0.6) is 5.75 Å². The quantitative estimate of drug-likeness (QED) is 0.243. The number of methoxy groups -OCH3 is 1. The monoisotopic (exact) mass is 574 g/mol. The van der Waals surface area contributed by atoms with Gasteiger partial charge < -0.3 is 19.9 Å². The van der Waals surface area contributed by atoms with Crippen molar-refractivity contribution in [2.24, 2.45) is 4.40 Å². The smallest absolute Gasteiger partial charge is 0.284 e. The molecule has 196 valence electrons. The van der Waals surface area contributed by atoms with Crippen LogP contribution in [-0.2, 0) is 19.6 Å². The third-order valence-electron chi connectivity index (χ3n) is 4.97. The fraction of sp³-hybridized carbons (Fsp3) is 0.120. The average Bonchev–Trinajstić information content (AvgIpc) is 2.87. The standard InChI is InChI=1S/C25H19Cl2N3O7S/c1-14-7-19(38(34,35)30-25(33)36-2)4-5-21(14)29-23(31)13-37-22-6-3-17(26)11-20(22)24(32)16-8-15(12-28)9-18(27)10-16/h3-11H,13H2,1-2H3,(H,29,31)(H,30,33)/p-1. The maximum Gasteiger partial charge on any atom is 0.284 e. The third-order valence-corrected chi connectivity index (χ3v) is 6.67. The van der Waals surface area contributed by atoms with Crippen LogP contribution >= 0.6 is 23.2 Å². The molecule has 1 amide bonds. The van der Waals surface area contributed by atoms with Crippen LogP contribution in [0.1, 0.15) is 27.0 Å². The molecule has 3 aromatic carbocycles. The lowest BCUT2D eigenvalue weighted by Gasteiger charge is -2.13. The molecule has 0 spiro atoms. The number of nitrogens with one attached hydrogen (secondary N) is 1. The van der Waals surface area contributed by atoms with Crippen LogP contribution in [0, 0.1) is 18.3 Å². The molecule has 0 atom stereocenters. The van der Waals surface area contributed by atoms with Gasteiger partial charge in [-0.15, -0.1) is 4.40 Å². The maximum atomic E-state index is 13.1. The van der Waals surface area contributed by atoms with Crippen LogP contribution in [-0.4, -0.2) is 39.9 Å². The Morgan fingerprint density at radius 3 is 2.47 bits per heavy atom. The minimum atomic E-state index is -4.29. The molecule has 38 heavy (non-hydrogen) atoms. The van der Waals surface area contributed by atoms with Gasteiger partial charge in [0.2, 0.25) is 0 Å². The molecule has 0 saturated heterocycles. The van der Waals surface area contributed by atoms with Crippen LogP contribution in [0.3, 0.4) is 0 Å². The Morgan fingerprint density at radius 2 is 1.82 bits per heavy atom. The van der Waals surface area contributed by atoms with Crippen molar-refractivity contribution in [3.05, 3.63) is 86.9 Å². The fourth-order valence-corrected chi connectivity index (χ4v) is 4.55. The summed E-state index contributed by atoms with van der Waals surface area (Å²) in [5.74, 6) is -1.06. The lowest BCUT2D eigenvalue weighted by Crippen LogP contribution is -2.22. The zero-order valence-corrected chi connectivity index (χ0v) is 22.1. The van der Waals surface area contributed by atoms with Crippen molar-refractivity contribution in [2.45, 2.75) is 11.8 Å². The number of ketones is 1. The molecule has 0 bridgehead atoms. The molecule has 3 rings (SSSR count). The van der Waals surface area contributed by atoms with Crippen molar-refractivity contribution in [1.82, 2.24) is 0 Å². The summed E-state index contributed by atoms with van der Waals surface area (Å²) in [5, 5.41) is 23.4. The minimum Gasteiger partial charge on any atom is -0.603 e. The summed E-state index contributed by atoms with van der Waals surface area (Å²) >= 11 is 12.1. The second-order valence-corrected chi connectivity index (χ2v) is 10.1. The van der Waals surface area contributed by atoms with E-state index in [1.165, 1.54) is 54.6 Å². The van der Waals surface area contributed by atoms with Crippen LogP contribution in [0.25, 0.3) is 0 Å². The van der Waals surface area contributed by atoms with Gasteiger partial charge in [0.1, 0.15) is 5.75 Å². The summed E-state index contributed by atoms with van der Waals surface area (Å²) in [7, 11) is -3.29. The van der Waals surface area contributed by atoms with Gasteiger partial charge in [-0.25, -0.2) is 0 Å². The van der Waals surface area contributed by atoms with Gasteiger partial charge in [-0.1, -0.05) is 23.2 Å². The molecule has 0 aliphatic rings. The highest BCUT2D eigenvalue weighted by molar-refractivity contribution is 7.90. The highest BCUT2D eigenvalue weighted by Crippen LogP contribution is 2.27. The number of hydrogen-bond acceptors (Lipinski definition) is 8. The van der Waals surface area contributed by atoms with Gasteiger partial charge in [-0.3, -0.25) is 9.59 Å². The number of nitriles is 1. The fourth-order valence-electron chi connectivity index (χ4n) is 3.20. The first-order chi connectivity index (χ1) is 17.9. The summed E-state index contributed by atoms with van der Waals surface area (Å²) in [6.45, 7) is 1.04. The number of nitrogens with zero attached hydrogens (tertiary/aromatic N) is 2. The zero-order valence-electron chi connectivity index (χ0n) is 19.8. The number of amides is 1. The van der Waals surface area contributed by atoms with Gasteiger partial charge in [-0.05, 0) is 74.2 Å². The number of sulfonamides is 1. The van der Waals surface area contributed by atoms with E-state index in [-0.39, 0.29) is 43.1 Å². The summed E-state index contributed by atoms with van der Waals surface area (Å²) in [6, 6.07) is 14.1. The molecule has 0 unspecified atom stereocenters. The number of rotatable bonds is 8. The molecule has 0 radical (unpaired) electrons. The average molecular weight is 575 g/mol. The second-order valence-electron chi connectivity index (χ2n) is 7.66. The van der Waals surface area contributed by atoms with Crippen molar-refractivity contribution >= 4 is 56.7 Å². The van der Waals surface area contributed by atoms with Gasteiger partial charge in [-0.2, -0.15) is 13.7 Å². The van der Waals surface area contributed by atoms with Gasteiger partial charge in [0, 0.05) is 21.3 Å². The number of carbonyl (C=O) groups excluding carboxylic acids is 2. The third kappa shape index (κ3) is 7.01. The van der Waals surface area contributed by atoms with Crippen molar-refractivity contribution in [1.29, 1.82) is 5.26 Å². The van der Waals surface area contributed by atoms with E-state index in [0.29, 0.717) is 5.56 Å². The molecular formula is C25H18Cl2N3O7S-. The topological polar surface area (TPSA) is 158 Å².